The van der Waals surface area contributed by atoms with Gasteiger partial charge in [-0.1, -0.05) is 13.8 Å². The molecular weight excluding hydrogens is 358 g/mol. The molecule has 28 heavy (non-hydrogen) atoms. The van der Waals surface area contributed by atoms with Crippen molar-refractivity contribution in [2.75, 3.05) is 24.1 Å². The van der Waals surface area contributed by atoms with Gasteiger partial charge >= 0.3 is 0 Å². The average Bonchev–Trinajstić information content (AvgIpc) is 2.93. The maximum atomic E-state index is 13.5. The van der Waals surface area contributed by atoms with E-state index in [1.54, 1.807) is 17.6 Å². The number of nitrogens with zero attached hydrogens (tertiary/aromatic N) is 3. The van der Waals surface area contributed by atoms with Gasteiger partial charge in [-0.2, -0.15) is 0 Å². The first-order valence-corrected chi connectivity index (χ1v) is 9.32. The van der Waals surface area contributed by atoms with Gasteiger partial charge in [0.15, 0.2) is 0 Å². The van der Waals surface area contributed by atoms with Crippen molar-refractivity contribution in [1.82, 2.24) is 25.2 Å². The molecule has 9 nitrogen and oxygen atoms in total. The van der Waals surface area contributed by atoms with Gasteiger partial charge < -0.3 is 21.7 Å². The number of pyridine rings is 1. The highest BCUT2D eigenvalue weighted by atomic mass is 16.2. The van der Waals surface area contributed by atoms with E-state index in [4.69, 9.17) is 5.73 Å². The van der Waals surface area contributed by atoms with Gasteiger partial charge in [-0.15, -0.1) is 0 Å². The first kappa shape index (κ1) is 18.4. The van der Waals surface area contributed by atoms with E-state index < -0.39 is 5.66 Å². The summed E-state index contributed by atoms with van der Waals surface area (Å²) in [6, 6.07) is 1.69. The highest BCUT2D eigenvalue weighted by Crippen LogP contribution is 2.43. The van der Waals surface area contributed by atoms with E-state index in [2.05, 4.69) is 39.8 Å². The molecular formula is C19H25N7O2. The number of hydrogen-bond donors (Lipinski definition) is 4. The number of carbonyl (C=O) groups excluding carboxylic acids is 1. The molecule has 1 fully saturated rings. The third kappa shape index (κ3) is 2.42. The Bertz CT molecular complexity index is 1040. The summed E-state index contributed by atoms with van der Waals surface area (Å²) in [5.41, 5.74) is 6.60. The van der Waals surface area contributed by atoms with E-state index >= 15 is 0 Å². The van der Waals surface area contributed by atoms with Crippen LogP contribution in [0.15, 0.2) is 17.2 Å². The molecule has 0 aliphatic carbocycles. The smallest absolute Gasteiger partial charge is 0.276 e. The van der Waals surface area contributed by atoms with Crippen molar-refractivity contribution in [3.8, 4) is 0 Å². The summed E-state index contributed by atoms with van der Waals surface area (Å²) in [5.74, 6) is 0.596. The van der Waals surface area contributed by atoms with E-state index in [1.165, 1.54) is 6.33 Å². The van der Waals surface area contributed by atoms with Gasteiger partial charge in [0.05, 0.1) is 0 Å². The van der Waals surface area contributed by atoms with Crippen LogP contribution in [0.5, 0.6) is 0 Å². The Hall–Kier alpha value is -2.94. The Morgan fingerprint density at radius 1 is 1.25 bits per heavy atom. The first-order valence-electron chi connectivity index (χ1n) is 9.32. The van der Waals surface area contributed by atoms with Crippen LogP contribution in [0.1, 0.15) is 41.9 Å². The van der Waals surface area contributed by atoms with Gasteiger partial charge in [0.1, 0.15) is 35.0 Å². The number of aryl methyl sites for hydroxylation is 1. The molecule has 1 atom stereocenters. The number of aromatic nitrogens is 3. The van der Waals surface area contributed by atoms with Crippen LogP contribution in [0.4, 0.5) is 17.3 Å². The van der Waals surface area contributed by atoms with Crippen molar-refractivity contribution in [3.05, 3.63) is 39.6 Å². The molecule has 2 aromatic rings. The Balaban J connectivity index is 1.91. The number of amides is 1. The zero-order chi connectivity index (χ0) is 20.3. The fourth-order valence-corrected chi connectivity index (χ4v) is 4.21. The van der Waals surface area contributed by atoms with Crippen LogP contribution in [0.3, 0.4) is 0 Å². The molecule has 2 aliphatic heterocycles. The Morgan fingerprint density at radius 2 is 2.00 bits per heavy atom. The van der Waals surface area contributed by atoms with E-state index in [-0.39, 0.29) is 16.9 Å². The molecule has 0 aromatic carbocycles. The van der Waals surface area contributed by atoms with Crippen LogP contribution < -0.4 is 27.2 Å². The van der Waals surface area contributed by atoms with Gasteiger partial charge in [-0.3, -0.25) is 14.2 Å². The molecule has 148 valence electrons. The minimum absolute atomic E-state index is 0.222. The predicted octanol–water partition coefficient (Wildman–Crippen LogP) is 0.997. The van der Waals surface area contributed by atoms with Crippen LogP contribution in [0.2, 0.25) is 0 Å². The molecule has 1 spiro atoms. The number of anilines is 3. The van der Waals surface area contributed by atoms with Crippen LogP contribution in [-0.2, 0) is 5.66 Å². The molecule has 4 heterocycles. The van der Waals surface area contributed by atoms with Crippen molar-refractivity contribution >= 4 is 23.2 Å². The Labute approximate surface area is 162 Å². The summed E-state index contributed by atoms with van der Waals surface area (Å²) >= 11 is 0. The molecule has 9 heteroatoms. The lowest BCUT2D eigenvalue weighted by Gasteiger charge is -2.48. The van der Waals surface area contributed by atoms with Gasteiger partial charge in [0.25, 0.3) is 11.5 Å². The first-order chi connectivity index (χ1) is 13.2. The van der Waals surface area contributed by atoms with Gasteiger partial charge in [-0.25, -0.2) is 9.97 Å². The highest BCUT2D eigenvalue weighted by Gasteiger charge is 2.55. The predicted molar refractivity (Wildman–Crippen MR) is 107 cm³/mol. The number of nitrogen functional groups attached to an aromatic ring is 1. The Kier molecular flexibility index (Phi) is 3.97. The van der Waals surface area contributed by atoms with Gasteiger partial charge in [0, 0.05) is 17.5 Å². The maximum absolute atomic E-state index is 13.5. The minimum Gasteiger partial charge on any atom is -0.383 e. The zero-order valence-electron chi connectivity index (χ0n) is 16.5. The highest BCUT2D eigenvalue weighted by molar-refractivity contribution is 5.97. The third-order valence-electron chi connectivity index (χ3n) is 6.11. The molecule has 0 radical (unpaired) electrons. The molecule has 5 N–H and O–H groups in total. The molecule has 2 aliphatic rings. The summed E-state index contributed by atoms with van der Waals surface area (Å²) in [6.45, 7) is 9.11. The molecule has 2 aromatic heterocycles. The number of nitrogens with two attached hydrogens (primary N) is 1. The lowest BCUT2D eigenvalue weighted by atomic mass is 9.73. The summed E-state index contributed by atoms with van der Waals surface area (Å²) < 4.78 is 1.62. The van der Waals surface area contributed by atoms with Crippen LogP contribution in [0, 0.1) is 19.3 Å². The van der Waals surface area contributed by atoms with Gasteiger partial charge in [0.2, 0.25) is 0 Å². The standard InChI is InChI=1S/C19H25N7O2/c1-10-7-12(24-15-11(2)14(20)22-9-23-15)17(28)26-13(10)16(27)25-19(26)8-21-6-5-18(19,3)4/h7,9,21H,5-6,8H2,1-4H3,(H,25,27)(H3,20,22,23,24). The van der Waals surface area contributed by atoms with Crippen molar-refractivity contribution in [1.29, 1.82) is 0 Å². The molecule has 1 amide bonds. The summed E-state index contributed by atoms with van der Waals surface area (Å²) in [4.78, 5) is 34.5. The number of rotatable bonds is 2. The second-order valence-electron chi connectivity index (χ2n) is 8.21. The van der Waals surface area contributed by atoms with Crippen LogP contribution >= 0.6 is 0 Å². The third-order valence-corrected chi connectivity index (χ3v) is 6.11. The largest absolute Gasteiger partial charge is 0.383 e. The summed E-state index contributed by atoms with van der Waals surface area (Å²) in [5, 5.41) is 9.53. The molecule has 1 saturated heterocycles. The number of nitrogens with one attached hydrogen (secondary N) is 3. The fourth-order valence-electron chi connectivity index (χ4n) is 4.21. The van der Waals surface area contributed by atoms with E-state index in [0.717, 1.165) is 18.5 Å². The van der Waals surface area contributed by atoms with Crippen molar-refractivity contribution in [2.24, 2.45) is 5.41 Å². The monoisotopic (exact) mass is 383 g/mol. The topological polar surface area (TPSA) is 127 Å². The van der Waals surface area contributed by atoms with E-state index in [0.29, 0.717) is 35.1 Å². The lowest BCUT2D eigenvalue weighted by Crippen LogP contribution is -2.65. The van der Waals surface area contributed by atoms with Crippen molar-refractivity contribution < 1.29 is 4.79 Å². The minimum atomic E-state index is -0.822. The fraction of sp³-hybridized carbons (Fsp3) is 0.474. The van der Waals surface area contributed by atoms with Gasteiger partial charge in [-0.05, 0) is 38.4 Å². The van der Waals surface area contributed by atoms with Crippen LogP contribution in [-0.4, -0.2) is 33.5 Å². The summed E-state index contributed by atoms with van der Waals surface area (Å²) in [6.07, 6.45) is 2.18. The average molecular weight is 383 g/mol. The quantitative estimate of drug-likeness (QED) is 0.609. The number of piperidine rings is 1. The molecule has 1 unspecified atom stereocenters. The maximum Gasteiger partial charge on any atom is 0.276 e. The number of carbonyl (C=O) groups is 1. The lowest BCUT2D eigenvalue weighted by molar-refractivity contribution is 0.0229. The number of fused-ring (bicyclic) bond motifs is 2. The normalized spacial score (nSPS) is 22.8. The molecule has 0 saturated carbocycles. The van der Waals surface area contributed by atoms with Crippen molar-refractivity contribution in [3.63, 3.8) is 0 Å². The molecule has 4 rings (SSSR count). The number of hydrogen-bond acceptors (Lipinski definition) is 7. The summed E-state index contributed by atoms with van der Waals surface area (Å²) in [7, 11) is 0. The van der Waals surface area contributed by atoms with Crippen molar-refractivity contribution in [2.45, 2.75) is 39.8 Å². The Morgan fingerprint density at radius 3 is 2.71 bits per heavy atom. The second-order valence-corrected chi connectivity index (χ2v) is 8.21. The van der Waals surface area contributed by atoms with Crippen LogP contribution in [0.25, 0.3) is 0 Å². The second kappa shape index (κ2) is 6.03. The van der Waals surface area contributed by atoms with E-state index in [9.17, 15) is 9.59 Å². The van der Waals surface area contributed by atoms with E-state index in [1.807, 2.05) is 6.92 Å². The molecule has 0 bridgehead atoms. The SMILES string of the molecule is Cc1cc(Nc2ncnc(N)c2C)c(=O)n2c1C(=O)NC21CNCCC1(C)C. The zero-order valence-corrected chi connectivity index (χ0v) is 16.5.